The molecule has 0 saturated carbocycles. The third kappa shape index (κ3) is 1.32. The molecule has 1 heterocycles. The van der Waals surface area contributed by atoms with Crippen LogP contribution in [0.4, 0.5) is 0 Å². The summed E-state index contributed by atoms with van der Waals surface area (Å²) in [5.41, 5.74) is 0. The van der Waals surface area contributed by atoms with E-state index in [2.05, 4.69) is 13.8 Å². The molecular weight excluding hydrogens is 128 g/mol. The molecule has 3 atom stereocenters. The number of methoxy groups -OCH3 is 1. The van der Waals surface area contributed by atoms with Crippen LogP contribution in [0.5, 0.6) is 0 Å². The molecule has 1 saturated heterocycles. The van der Waals surface area contributed by atoms with Gasteiger partial charge in [0.2, 0.25) is 0 Å². The first kappa shape index (κ1) is 8.02. The van der Waals surface area contributed by atoms with Crippen molar-refractivity contribution >= 4 is 0 Å². The monoisotopic (exact) mass is 144 g/mol. The lowest BCUT2D eigenvalue weighted by molar-refractivity contribution is 0.0645. The van der Waals surface area contributed by atoms with Gasteiger partial charge in [0.1, 0.15) is 0 Å². The van der Waals surface area contributed by atoms with Crippen LogP contribution in [-0.2, 0) is 9.47 Å². The van der Waals surface area contributed by atoms with Crippen LogP contribution in [0.15, 0.2) is 0 Å². The van der Waals surface area contributed by atoms with E-state index in [0.717, 1.165) is 13.0 Å². The second kappa shape index (κ2) is 3.35. The normalized spacial score (nSPS) is 40.5. The first-order valence-electron chi connectivity index (χ1n) is 3.94. The zero-order chi connectivity index (χ0) is 7.56. The quantitative estimate of drug-likeness (QED) is 0.584. The summed E-state index contributed by atoms with van der Waals surface area (Å²) >= 11 is 0. The summed E-state index contributed by atoms with van der Waals surface area (Å²) < 4.78 is 10.7. The molecular formula is C8H16O2. The smallest absolute Gasteiger partial charge is 0.0854 e. The van der Waals surface area contributed by atoms with Crippen molar-refractivity contribution in [2.24, 2.45) is 5.92 Å². The molecule has 3 unspecified atom stereocenters. The zero-order valence-corrected chi connectivity index (χ0v) is 6.96. The SMILES string of the molecule is CCC1OCC(OC)C1C. The molecule has 10 heavy (non-hydrogen) atoms. The summed E-state index contributed by atoms with van der Waals surface area (Å²) in [4.78, 5) is 0. The molecule has 0 aromatic heterocycles. The van der Waals surface area contributed by atoms with Gasteiger partial charge in [-0.15, -0.1) is 0 Å². The summed E-state index contributed by atoms with van der Waals surface area (Å²) in [6, 6.07) is 0. The Bertz CT molecular complexity index is 91.4. The molecule has 0 aromatic rings. The lowest BCUT2D eigenvalue weighted by Gasteiger charge is -2.14. The van der Waals surface area contributed by atoms with E-state index in [9.17, 15) is 0 Å². The highest BCUT2D eigenvalue weighted by Crippen LogP contribution is 2.24. The predicted molar refractivity (Wildman–Crippen MR) is 40.0 cm³/mol. The summed E-state index contributed by atoms with van der Waals surface area (Å²) in [7, 11) is 1.75. The van der Waals surface area contributed by atoms with Crippen molar-refractivity contribution in [1.82, 2.24) is 0 Å². The van der Waals surface area contributed by atoms with E-state index < -0.39 is 0 Å². The van der Waals surface area contributed by atoms with Crippen LogP contribution < -0.4 is 0 Å². The van der Waals surface area contributed by atoms with E-state index in [1.165, 1.54) is 0 Å². The molecule has 0 radical (unpaired) electrons. The zero-order valence-electron chi connectivity index (χ0n) is 6.96. The van der Waals surface area contributed by atoms with Gasteiger partial charge in [0.15, 0.2) is 0 Å². The lowest BCUT2D eigenvalue weighted by Crippen LogP contribution is -2.21. The Morgan fingerprint density at radius 3 is 2.60 bits per heavy atom. The van der Waals surface area contributed by atoms with Gasteiger partial charge in [0.05, 0.1) is 18.8 Å². The molecule has 2 heteroatoms. The van der Waals surface area contributed by atoms with Gasteiger partial charge in [-0.2, -0.15) is 0 Å². The first-order valence-corrected chi connectivity index (χ1v) is 3.94. The van der Waals surface area contributed by atoms with Crippen molar-refractivity contribution in [2.75, 3.05) is 13.7 Å². The first-order chi connectivity index (χ1) is 4.79. The van der Waals surface area contributed by atoms with Crippen molar-refractivity contribution in [3.63, 3.8) is 0 Å². The average molecular weight is 144 g/mol. The van der Waals surface area contributed by atoms with Gasteiger partial charge in [0.25, 0.3) is 0 Å². The minimum atomic E-state index is 0.324. The molecule has 2 nitrogen and oxygen atoms in total. The average Bonchev–Trinajstić information content (AvgIpc) is 2.30. The van der Waals surface area contributed by atoms with Gasteiger partial charge in [-0.1, -0.05) is 13.8 Å². The molecule has 60 valence electrons. The van der Waals surface area contributed by atoms with Crippen LogP contribution in [-0.4, -0.2) is 25.9 Å². The second-order valence-corrected chi connectivity index (χ2v) is 2.91. The molecule has 1 fully saturated rings. The van der Waals surface area contributed by atoms with Crippen molar-refractivity contribution < 1.29 is 9.47 Å². The number of ether oxygens (including phenoxy) is 2. The maximum absolute atomic E-state index is 5.49. The summed E-state index contributed by atoms with van der Waals surface area (Å²) in [6.07, 6.45) is 1.84. The topological polar surface area (TPSA) is 18.5 Å². The fraction of sp³-hybridized carbons (Fsp3) is 1.00. The van der Waals surface area contributed by atoms with E-state index >= 15 is 0 Å². The van der Waals surface area contributed by atoms with E-state index in [1.54, 1.807) is 7.11 Å². The van der Waals surface area contributed by atoms with Gasteiger partial charge in [-0.25, -0.2) is 0 Å². The van der Waals surface area contributed by atoms with Crippen LogP contribution in [0.2, 0.25) is 0 Å². The minimum Gasteiger partial charge on any atom is -0.379 e. The van der Waals surface area contributed by atoms with Crippen molar-refractivity contribution in [1.29, 1.82) is 0 Å². The molecule has 0 amide bonds. The Morgan fingerprint density at radius 2 is 2.30 bits per heavy atom. The number of rotatable bonds is 2. The van der Waals surface area contributed by atoms with Crippen molar-refractivity contribution in [3.8, 4) is 0 Å². The third-order valence-electron chi connectivity index (χ3n) is 2.35. The fourth-order valence-electron chi connectivity index (χ4n) is 1.53. The minimum absolute atomic E-state index is 0.324. The van der Waals surface area contributed by atoms with E-state index in [4.69, 9.17) is 9.47 Å². The third-order valence-corrected chi connectivity index (χ3v) is 2.35. The molecule has 0 N–H and O–H groups in total. The molecule has 1 aliphatic heterocycles. The van der Waals surface area contributed by atoms with E-state index in [-0.39, 0.29) is 0 Å². The van der Waals surface area contributed by atoms with Gasteiger partial charge in [-0.05, 0) is 6.42 Å². The second-order valence-electron chi connectivity index (χ2n) is 2.91. The van der Waals surface area contributed by atoms with Crippen LogP contribution in [0.1, 0.15) is 20.3 Å². The molecule has 0 bridgehead atoms. The standard InChI is InChI=1S/C8H16O2/c1-4-7-6(2)8(9-3)5-10-7/h6-8H,4-5H2,1-3H3. The highest BCUT2D eigenvalue weighted by Gasteiger charge is 2.32. The Morgan fingerprint density at radius 1 is 1.60 bits per heavy atom. The Kier molecular flexibility index (Phi) is 2.69. The van der Waals surface area contributed by atoms with E-state index in [1.807, 2.05) is 0 Å². The Hall–Kier alpha value is -0.0800. The summed E-state index contributed by atoms with van der Waals surface area (Å²) in [6.45, 7) is 5.12. The molecule has 0 aliphatic carbocycles. The van der Waals surface area contributed by atoms with Gasteiger partial charge < -0.3 is 9.47 Å². The Labute approximate surface area is 62.5 Å². The predicted octanol–water partition coefficient (Wildman–Crippen LogP) is 1.45. The molecule has 0 aromatic carbocycles. The van der Waals surface area contributed by atoms with Crippen molar-refractivity contribution in [3.05, 3.63) is 0 Å². The largest absolute Gasteiger partial charge is 0.379 e. The Balaban J connectivity index is 2.41. The van der Waals surface area contributed by atoms with Gasteiger partial charge in [-0.3, -0.25) is 0 Å². The van der Waals surface area contributed by atoms with Gasteiger partial charge in [0, 0.05) is 13.0 Å². The molecule has 1 rings (SSSR count). The summed E-state index contributed by atoms with van der Waals surface area (Å²) in [5, 5.41) is 0. The van der Waals surface area contributed by atoms with Crippen molar-refractivity contribution in [2.45, 2.75) is 32.5 Å². The summed E-state index contributed by atoms with van der Waals surface area (Å²) in [5.74, 6) is 0.565. The van der Waals surface area contributed by atoms with Crippen LogP contribution in [0, 0.1) is 5.92 Å². The molecule has 0 spiro atoms. The maximum atomic E-state index is 5.49. The van der Waals surface area contributed by atoms with Crippen LogP contribution in [0.3, 0.4) is 0 Å². The van der Waals surface area contributed by atoms with Crippen LogP contribution >= 0.6 is 0 Å². The van der Waals surface area contributed by atoms with E-state index in [0.29, 0.717) is 18.1 Å². The number of hydrogen-bond donors (Lipinski definition) is 0. The highest BCUT2D eigenvalue weighted by molar-refractivity contribution is 4.79. The highest BCUT2D eigenvalue weighted by atomic mass is 16.5. The molecule has 1 aliphatic rings. The number of hydrogen-bond acceptors (Lipinski definition) is 2. The fourth-order valence-corrected chi connectivity index (χ4v) is 1.53. The van der Waals surface area contributed by atoms with Gasteiger partial charge >= 0.3 is 0 Å². The lowest BCUT2D eigenvalue weighted by atomic mass is 10.00. The van der Waals surface area contributed by atoms with Crippen LogP contribution in [0.25, 0.3) is 0 Å². The maximum Gasteiger partial charge on any atom is 0.0854 e.